The second kappa shape index (κ2) is 15.9. The van der Waals surface area contributed by atoms with Crippen molar-refractivity contribution in [3.05, 3.63) is 75.7 Å². The lowest BCUT2D eigenvalue weighted by molar-refractivity contribution is -0.155. The average Bonchev–Trinajstić information content (AvgIpc) is 3.42. The summed E-state index contributed by atoms with van der Waals surface area (Å²) in [6.07, 6.45) is 8.84. The highest BCUT2D eigenvalue weighted by molar-refractivity contribution is 6.22. The Morgan fingerprint density at radius 3 is 2.59 bits per heavy atom. The molecule has 0 aromatic heterocycles. The predicted octanol–water partition coefficient (Wildman–Crippen LogP) is 7.74. The molecule has 2 aromatic carbocycles. The van der Waals surface area contributed by atoms with Crippen molar-refractivity contribution in [3.8, 4) is 28.7 Å². The average molecular weight is 794 g/mol. The number of aromatic nitrogens is 1. The number of Topliss-reactive ketones (excluding diaryl/α,β-unsaturated/α-hetero) is 1. The third-order valence-electron chi connectivity index (χ3n) is 11.1. The van der Waals surface area contributed by atoms with Gasteiger partial charge in [0.15, 0.2) is 11.3 Å². The van der Waals surface area contributed by atoms with Gasteiger partial charge in [-0.2, -0.15) is 0 Å². The van der Waals surface area contributed by atoms with Gasteiger partial charge in [-0.15, -0.1) is 0 Å². The zero-order valence-electron chi connectivity index (χ0n) is 34.5. The van der Waals surface area contributed by atoms with E-state index in [9.17, 15) is 14.4 Å². The van der Waals surface area contributed by atoms with Crippen LogP contribution in [0.4, 0.5) is 5.69 Å². The molecule has 0 saturated carbocycles. The molecule has 4 heterocycles. The van der Waals surface area contributed by atoms with E-state index in [1.165, 1.54) is 20.1 Å². The molecule has 5 aliphatic rings. The van der Waals surface area contributed by atoms with Crippen molar-refractivity contribution in [2.75, 3.05) is 32.6 Å². The van der Waals surface area contributed by atoms with E-state index >= 15 is 4.79 Å². The summed E-state index contributed by atoms with van der Waals surface area (Å²) in [6.45, 7) is 13.4. The first-order chi connectivity index (χ1) is 27.6. The summed E-state index contributed by atoms with van der Waals surface area (Å²) < 4.78 is 38.5. The number of para-hydroxylation sites is 1. The Morgan fingerprint density at radius 1 is 1.07 bits per heavy atom. The normalized spacial score (nSPS) is 27.0. The van der Waals surface area contributed by atoms with Crippen LogP contribution in [0.2, 0.25) is 0 Å². The summed E-state index contributed by atoms with van der Waals surface area (Å²) in [5, 5.41) is 2.92. The molecule has 13 heteroatoms. The molecule has 7 rings (SSSR count). The Morgan fingerprint density at radius 2 is 1.84 bits per heavy atom. The van der Waals surface area contributed by atoms with E-state index in [0.717, 1.165) is 6.42 Å². The van der Waals surface area contributed by atoms with Crippen LogP contribution in [0.25, 0.3) is 33.3 Å². The van der Waals surface area contributed by atoms with Crippen LogP contribution >= 0.6 is 0 Å². The zero-order valence-corrected chi connectivity index (χ0v) is 34.5. The fraction of sp³-hybridized carbons (Fsp3) is 0.444. The Labute approximate surface area is 337 Å². The Kier molecular flexibility index (Phi) is 11.1. The molecule has 6 atom stereocenters. The van der Waals surface area contributed by atoms with E-state index < -0.39 is 41.1 Å². The Balaban J connectivity index is 1.63. The van der Waals surface area contributed by atoms with Crippen molar-refractivity contribution in [2.24, 2.45) is 17.8 Å². The monoisotopic (exact) mass is 793 g/mol. The van der Waals surface area contributed by atoms with Gasteiger partial charge in [-0.25, -0.2) is 4.98 Å². The molecule has 1 N–H and O–H groups in total. The smallest absolute Gasteiger partial charge is 0.312 e. The number of ketones is 1. The van der Waals surface area contributed by atoms with Gasteiger partial charge >= 0.3 is 11.8 Å². The SMILES string of the molecule is CC(=O)OC1C2C[C@H](C)CC(C)/C=C/C=C(/C)C(=O)Nc3c4oc5cccc(OCCN(C)C)c5nc-4c4c5c(c(C)c(c4c3=O)O2)O[C@](C)(O/C=C/C[C@H]1C)C5=O. The van der Waals surface area contributed by atoms with Crippen molar-refractivity contribution in [3.63, 3.8) is 0 Å². The standard InChI is InChI=1S/C45H51N3O10/c1-23-13-10-14-26(4)44(52)47-37-38(50)33-32(36-42(37)56-30-17-11-16-29(35(30)46-36)53-20-18-48(8)9)34-41-27(5)40(33)57-31(22-24(2)21-23)39(55-28(6)49)25(3)15-12-19-54-45(7,58-41)43(34)51/h10-14,16-17,19,23-25,31,39H,15,18,20-22H2,1-9H3,(H,47,52)/b13-10+,19-12+,26-14-/t23?,24-,25-,31?,39?,45+/m1/s1. The quantitative estimate of drug-likeness (QED) is 0.119. The van der Waals surface area contributed by atoms with Crippen LogP contribution in [-0.4, -0.2) is 72.8 Å². The molecule has 0 saturated heterocycles. The number of carbonyl (C=O) groups is 3. The molecular formula is C45H51N3O10. The van der Waals surface area contributed by atoms with Gasteiger partial charge in [0.2, 0.25) is 5.43 Å². The van der Waals surface area contributed by atoms with Crippen molar-refractivity contribution in [1.29, 1.82) is 0 Å². The molecule has 3 unspecified atom stereocenters. The molecule has 6 bridgehead atoms. The third kappa shape index (κ3) is 7.55. The van der Waals surface area contributed by atoms with Crippen molar-refractivity contribution >= 4 is 45.2 Å². The first kappa shape index (κ1) is 40.5. The molecular weight excluding hydrogens is 743 g/mol. The number of anilines is 1. The minimum absolute atomic E-state index is 0.0187. The lowest BCUT2D eigenvalue weighted by atomic mass is 9.86. The molecule has 0 spiro atoms. The number of nitrogens with zero attached hydrogens (tertiary/aromatic N) is 2. The van der Waals surface area contributed by atoms with Crippen LogP contribution in [0.15, 0.2) is 63.6 Å². The van der Waals surface area contributed by atoms with Gasteiger partial charge in [0.05, 0.1) is 17.2 Å². The predicted molar refractivity (Wildman–Crippen MR) is 220 cm³/mol. The Hall–Kier alpha value is -5.69. The first-order valence-corrected chi connectivity index (χ1v) is 19.8. The van der Waals surface area contributed by atoms with Crippen LogP contribution < -0.4 is 25.0 Å². The number of hydrogen-bond acceptors (Lipinski definition) is 12. The van der Waals surface area contributed by atoms with Gasteiger partial charge < -0.3 is 38.3 Å². The number of fused-ring (bicyclic) bond motifs is 8. The maximum atomic E-state index is 15.3. The molecule has 0 radical (unpaired) electrons. The number of allylic oxidation sites excluding steroid dienone is 4. The highest BCUT2D eigenvalue weighted by atomic mass is 16.7. The number of esters is 1. The second-order valence-corrected chi connectivity index (χ2v) is 16.3. The van der Waals surface area contributed by atoms with Gasteiger partial charge in [0, 0.05) is 42.8 Å². The molecule has 58 heavy (non-hydrogen) atoms. The molecule has 2 aromatic rings. The second-order valence-electron chi connectivity index (χ2n) is 16.3. The lowest BCUT2D eigenvalue weighted by Gasteiger charge is -2.34. The largest absolute Gasteiger partial charge is 0.490 e. The summed E-state index contributed by atoms with van der Waals surface area (Å²) >= 11 is 0. The highest BCUT2D eigenvalue weighted by Gasteiger charge is 2.50. The number of carbonyl (C=O) groups excluding carboxylic acids is 3. The number of rotatable bonds is 5. The number of hydrogen-bond donors (Lipinski definition) is 1. The molecule has 1 aliphatic carbocycles. The minimum Gasteiger partial charge on any atom is -0.490 e. The van der Waals surface area contributed by atoms with Gasteiger partial charge in [0.25, 0.3) is 11.7 Å². The van der Waals surface area contributed by atoms with Crippen molar-refractivity contribution in [2.45, 2.75) is 85.7 Å². The fourth-order valence-electron chi connectivity index (χ4n) is 8.09. The van der Waals surface area contributed by atoms with Gasteiger partial charge in [-0.3, -0.25) is 19.2 Å². The van der Waals surface area contributed by atoms with Crippen LogP contribution in [0, 0.1) is 24.7 Å². The highest BCUT2D eigenvalue weighted by Crippen LogP contribution is 2.52. The topological polar surface area (TPSA) is 156 Å². The number of amides is 1. The third-order valence-corrected chi connectivity index (χ3v) is 11.1. The molecule has 13 nitrogen and oxygen atoms in total. The van der Waals surface area contributed by atoms with E-state index in [0.29, 0.717) is 48.4 Å². The van der Waals surface area contributed by atoms with Crippen molar-refractivity contribution < 1.29 is 42.5 Å². The summed E-state index contributed by atoms with van der Waals surface area (Å²) in [5.74, 6) is -2.89. The van der Waals surface area contributed by atoms with Crippen LogP contribution in [0.1, 0.15) is 76.7 Å². The number of likely N-dealkylation sites (N-methyl/N-ethyl adjacent to an activating group) is 1. The van der Waals surface area contributed by atoms with Gasteiger partial charge in [-0.1, -0.05) is 45.1 Å². The molecule has 4 aliphatic heterocycles. The maximum Gasteiger partial charge on any atom is 0.312 e. The van der Waals surface area contributed by atoms with Crippen LogP contribution in [-0.2, 0) is 19.1 Å². The van der Waals surface area contributed by atoms with Crippen molar-refractivity contribution in [1.82, 2.24) is 9.88 Å². The van der Waals surface area contributed by atoms with E-state index in [1.807, 2.05) is 38.1 Å². The van der Waals surface area contributed by atoms with E-state index in [-0.39, 0.29) is 68.3 Å². The maximum absolute atomic E-state index is 15.3. The Bertz CT molecular complexity index is 2430. The minimum atomic E-state index is -1.83. The van der Waals surface area contributed by atoms with Gasteiger partial charge in [0.1, 0.15) is 53.0 Å². The number of ether oxygens (including phenoxy) is 5. The van der Waals surface area contributed by atoms with E-state index in [1.54, 1.807) is 44.2 Å². The summed E-state index contributed by atoms with van der Waals surface area (Å²) in [6, 6.07) is 5.20. The molecule has 1 amide bonds. The zero-order chi connectivity index (χ0) is 41.6. The lowest BCUT2D eigenvalue weighted by Crippen LogP contribution is -2.41. The molecule has 0 fully saturated rings. The summed E-state index contributed by atoms with van der Waals surface area (Å²) in [7, 11) is 3.88. The van der Waals surface area contributed by atoms with Crippen LogP contribution in [0.5, 0.6) is 17.2 Å². The van der Waals surface area contributed by atoms with E-state index in [2.05, 4.69) is 19.2 Å². The first-order valence-electron chi connectivity index (χ1n) is 19.8. The summed E-state index contributed by atoms with van der Waals surface area (Å²) in [4.78, 5) is 63.8. The molecule has 306 valence electrons. The van der Waals surface area contributed by atoms with E-state index in [4.69, 9.17) is 33.1 Å². The van der Waals surface area contributed by atoms with Gasteiger partial charge in [-0.05, 0) is 77.2 Å². The van der Waals surface area contributed by atoms with Crippen LogP contribution in [0.3, 0.4) is 0 Å². The fourth-order valence-corrected chi connectivity index (χ4v) is 8.09. The number of nitrogens with one attached hydrogen (secondary N) is 1. The number of benzene rings is 3. The summed E-state index contributed by atoms with van der Waals surface area (Å²) in [5.41, 5.74) is 0.613.